The number of benzene rings is 2. The number of aliphatic hydroxyl groups is 1. The van der Waals surface area contributed by atoms with E-state index >= 15 is 0 Å². The Bertz CT molecular complexity index is 1080. The number of para-hydroxylation sites is 1. The molecule has 9 nitrogen and oxygen atoms in total. The minimum Gasteiger partial charge on any atom is -0.394 e. The van der Waals surface area contributed by atoms with Crippen LogP contribution in [-0.2, 0) is 16.0 Å². The lowest BCUT2D eigenvalue weighted by atomic mass is 10.1. The highest BCUT2D eigenvalue weighted by atomic mass is 16.3. The largest absolute Gasteiger partial charge is 0.394 e. The van der Waals surface area contributed by atoms with Crippen LogP contribution in [0, 0.1) is 5.41 Å². The van der Waals surface area contributed by atoms with Gasteiger partial charge in [-0.3, -0.25) is 15.0 Å². The second kappa shape index (κ2) is 10.3. The SMILES string of the molecule is N=C(N)c1cccc(NC(CO)C(=O)NCC(=O)NCCc2c[nH]c3ccccc23)c1. The molecule has 9 heteroatoms. The first kappa shape index (κ1) is 21.8. The molecule has 1 atom stereocenters. The zero-order valence-corrected chi connectivity index (χ0v) is 16.9. The number of nitrogens with two attached hydrogens (primary N) is 1. The van der Waals surface area contributed by atoms with E-state index in [1.165, 1.54) is 0 Å². The average Bonchev–Trinajstić information content (AvgIpc) is 3.19. The van der Waals surface area contributed by atoms with E-state index in [0.29, 0.717) is 24.2 Å². The number of rotatable bonds is 10. The molecular formula is C22H26N6O3. The van der Waals surface area contributed by atoms with Crippen LogP contribution in [0.5, 0.6) is 0 Å². The number of carbonyl (C=O) groups is 2. The van der Waals surface area contributed by atoms with Crippen LogP contribution in [0.4, 0.5) is 5.69 Å². The van der Waals surface area contributed by atoms with Gasteiger partial charge in [-0.1, -0.05) is 30.3 Å². The Hall–Kier alpha value is -3.85. The summed E-state index contributed by atoms with van der Waals surface area (Å²) in [6.45, 7) is -0.216. The topological polar surface area (TPSA) is 156 Å². The number of anilines is 1. The van der Waals surface area contributed by atoms with Gasteiger partial charge in [0.15, 0.2) is 0 Å². The van der Waals surface area contributed by atoms with E-state index in [-0.39, 0.29) is 18.3 Å². The van der Waals surface area contributed by atoms with Crippen LogP contribution in [0.2, 0.25) is 0 Å². The van der Waals surface area contributed by atoms with Crippen molar-refractivity contribution in [1.29, 1.82) is 5.41 Å². The third kappa shape index (κ3) is 5.83. The number of H-pyrrole nitrogens is 1. The van der Waals surface area contributed by atoms with Crippen molar-refractivity contribution in [1.82, 2.24) is 15.6 Å². The van der Waals surface area contributed by atoms with E-state index in [2.05, 4.69) is 20.9 Å². The van der Waals surface area contributed by atoms with Crippen molar-refractivity contribution >= 4 is 34.2 Å². The summed E-state index contributed by atoms with van der Waals surface area (Å²) in [5, 5.41) is 26.3. The molecule has 31 heavy (non-hydrogen) atoms. The summed E-state index contributed by atoms with van der Waals surface area (Å²) in [4.78, 5) is 27.6. The Kier molecular flexibility index (Phi) is 7.23. The van der Waals surface area contributed by atoms with Crippen molar-refractivity contribution < 1.29 is 14.7 Å². The van der Waals surface area contributed by atoms with Gasteiger partial charge in [0, 0.05) is 34.9 Å². The first-order valence-corrected chi connectivity index (χ1v) is 9.89. The van der Waals surface area contributed by atoms with E-state index in [1.807, 2.05) is 30.5 Å². The summed E-state index contributed by atoms with van der Waals surface area (Å²) in [6.07, 6.45) is 2.59. The fraction of sp³-hybridized carbons (Fsp3) is 0.227. The van der Waals surface area contributed by atoms with Gasteiger partial charge < -0.3 is 31.8 Å². The Morgan fingerprint density at radius 3 is 2.71 bits per heavy atom. The molecule has 3 aromatic rings. The summed E-state index contributed by atoms with van der Waals surface area (Å²) in [6, 6.07) is 13.7. The Balaban J connectivity index is 1.44. The molecule has 0 fully saturated rings. The van der Waals surface area contributed by atoms with Crippen molar-refractivity contribution in [2.75, 3.05) is 25.0 Å². The number of amidine groups is 1. The van der Waals surface area contributed by atoms with E-state index in [0.717, 1.165) is 16.5 Å². The average molecular weight is 422 g/mol. The minimum absolute atomic E-state index is 0.0991. The maximum atomic E-state index is 12.3. The van der Waals surface area contributed by atoms with Crippen LogP contribution in [-0.4, -0.2) is 53.5 Å². The molecule has 162 valence electrons. The van der Waals surface area contributed by atoms with Gasteiger partial charge in [0.25, 0.3) is 0 Å². The maximum Gasteiger partial charge on any atom is 0.245 e. The van der Waals surface area contributed by atoms with Gasteiger partial charge in [-0.15, -0.1) is 0 Å². The van der Waals surface area contributed by atoms with Crippen LogP contribution >= 0.6 is 0 Å². The number of hydrogen-bond acceptors (Lipinski definition) is 5. The molecule has 0 radical (unpaired) electrons. The Labute approximate surface area is 179 Å². The lowest BCUT2D eigenvalue weighted by molar-refractivity contribution is -0.127. The molecule has 2 amide bonds. The number of aromatic amines is 1. The lowest BCUT2D eigenvalue weighted by Crippen LogP contribution is -2.46. The highest BCUT2D eigenvalue weighted by molar-refractivity contribution is 5.96. The summed E-state index contributed by atoms with van der Waals surface area (Å²) >= 11 is 0. The molecule has 0 saturated carbocycles. The molecule has 0 aliphatic carbocycles. The third-order valence-corrected chi connectivity index (χ3v) is 4.83. The minimum atomic E-state index is -0.943. The van der Waals surface area contributed by atoms with Gasteiger partial charge in [0.1, 0.15) is 11.9 Å². The molecule has 8 N–H and O–H groups in total. The van der Waals surface area contributed by atoms with Gasteiger partial charge in [0.05, 0.1) is 13.2 Å². The normalized spacial score (nSPS) is 11.6. The quantitative estimate of drug-likeness (QED) is 0.189. The van der Waals surface area contributed by atoms with Crippen molar-refractivity contribution in [2.45, 2.75) is 12.5 Å². The maximum absolute atomic E-state index is 12.3. The predicted octanol–water partition coefficient (Wildman–Crippen LogP) is 0.700. The number of aliphatic hydroxyl groups excluding tert-OH is 1. The summed E-state index contributed by atoms with van der Waals surface area (Å²) in [5.74, 6) is -0.927. The molecule has 1 aromatic heterocycles. The predicted molar refractivity (Wildman–Crippen MR) is 120 cm³/mol. The van der Waals surface area contributed by atoms with Gasteiger partial charge in [-0.25, -0.2) is 0 Å². The number of nitrogen functional groups attached to an aromatic ring is 1. The summed E-state index contributed by atoms with van der Waals surface area (Å²) in [7, 11) is 0. The van der Waals surface area contributed by atoms with Crippen molar-refractivity contribution in [3.8, 4) is 0 Å². The van der Waals surface area contributed by atoms with E-state index in [1.54, 1.807) is 24.3 Å². The van der Waals surface area contributed by atoms with E-state index in [4.69, 9.17) is 11.1 Å². The molecule has 1 heterocycles. The highest BCUT2D eigenvalue weighted by Crippen LogP contribution is 2.17. The first-order chi connectivity index (χ1) is 15.0. The number of nitrogens with one attached hydrogen (secondary N) is 5. The van der Waals surface area contributed by atoms with Crippen molar-refractivity contribution in [2.24, 2.45) is 5.73 Å². The standard InChI is InChI=1S/C22H26N6O3/c23-21(24)14-4-3-5-16(10-14)28-19(13-29)22(31)27-12-20(30)25-9-8-15-11-26-18-7-2-1-6-17(15)18/h1-7,10-11,19,26,28-29H,8-9,12-13H2,(H3,23,24)(H,25,30)(H,27,31). The number of carbonyl (C=O) groups excluding carboxylic acids is 2. The molecule has 0 aliphatic rings. The highest BCUT2D eigenvalue weighted by Gasteiger charge is 2.18. The zero-order chi connectivity index (χ0) is 22.2. The van der Waals surface area contributed by atoms with E-state index in [9.17, 15) is 14.7 Å². The van der Waals surface area contributed by atoms with Gasteiger partial charge in [0.2, 0.25) is 11.8 Å². The summed E-state index contributed by atoms with van der Waals surface area (Å²) < 4.78 is 0. The number of hydrogen-bond donors (Lipinski definition) is 7. The van der Waals surface area contributed by atoms with E-state index < -0.39 is 18.6 Å². The fourth-order valence-corrected chi connectivity index (χ4v) is 3.20. The molecule has 0 spiro atoms. The van der Waals surface area contributed by atoms with Gasteiger partial charge >= 0.3 is 0 Å². The zero-order valence-electron chi connectivity index (χ0n) is 16.9. The smallest absolute Gasteiger partial charge is 0.245 e. The van der Waals surface area contributed by atoms with Crippen LogP contribution in [0.1, 0.15) is 11.1 Å². The Morgan fingerprint density at radius 2 is 1.94 bits per heavy atom. The van der Waals surface area contributed by atoms with Crippen LogP contribution in [0.15, 0.2) is 54.7 Å². The second-order valence-corrected chi connectivity index (χ2v) is 7.05. The molecule has 0 saturated heterocycles. The molecule has 3 rings (SSSR count). The number of amides is 2. The molecule has 2 aromatic carbocycles. The number of aromatic nitrogens is 1. The van der Waals surface area contributed by atoms with Gasteiger partial charge in [-0.2, -0.15) is 0 Å². The van der Waals surface area contributed by atoms with Crippen molar-refractivity contribution in [3.05, 3.63) is 65.9 Å². The van der Waals surface area contributed by atoms with Crippen LogP contribution in [0.25, 0.3) is 10.9 Å². The molecular weight excluding hydrogens is 396 g/mol. The fourth-order valence-electron chi connectivity index (χ4n) is 3.20. The molecule has 1 unspecified atom stereocenters. The second-order valence-electron chi connectivity index (χ2n) is 7.05. The molecule has 0 aliphatic heterocycles. The first-order valence-electron chi connectivity index (χ1n) is 9.89. The van der Waals surface area contributed by atoms with Crippen LogP contribution in [0.3, 0.4) is 0 Å². The monoisotopic (exact) mass is 422 g/mol. The molecule has 0 bridgehead atoms. The third-order valence-electron chi connectivity index (χ3n) is 4.83. The van der Waals surface area contributed by atoms with Crippen LogP contribution < -0.4 is 21.7 Å². The summed E-state index contributed by atoms with van der Waals surface area (Å²) in [5.41, 5.74) is 8.65. The van der Waals surface area contributed by atoms with Crippen molar-refractivity contribution in [3.63, 3.8) is 0 Å². The lowest BCUT2D eigenvalue weighted by Gasteiger charge is -2.17. The van der Waals surface area contributed by atoms with Gasteiger partial charge in [-0.05, 0) is 30.2 Å². The Morgan fingerprint density at radius 1 is 1.13 bits per heavy atom. The number of fused-ring (bicyclic) bond motifs is 1.